The molecule has 0 radical (unpaired) electrons. The Bertz CT molecular complexity index is 516. The number of benzene rings is 1. The van der Waals surface area contributed by atoms with Crippen LogP contribution in [0.2, 0.25) is 5.02 Å². The van der Waals surface area contributed by atoms with Crippen LogP contribution in [0.4, 0.5) is 5.69 Å². The molecular weight excluding hydrogens is 284 g/mol. The summed E-state index contributed by atoms with van der Waals surface area (Å²) >= 11 is 6.11. The van der Waals surface area contributed by atoms with Crippen LogP contribution >= 0.6 is 11.6 Å². The SMILES string of the molecule is CC1CCC(Nc2cc(Cl)ccc2C(=O)N(C)C)CC1C. The second kappa shape index (κ2) is 6.69. The summed E-state index contributed by atoms with van der Waals surface area (Å²) < 4.78 is 0. The minimum atomic E-state index is 0.00592. The number of carbonyl (C=O) groups excluding carboxylic acids is 1. The van der Waals surface area contributed by atoms with Gasteiger partial charge in [0.1, 0.15) is 0 Å². The number of anilines is 1. The van der Waals surface area contributed by atoms with E-state index in [-0.39, 0.29) is 5.91 Å². The average molecular weight is 309 g/mol. The van der Waals surface area contributed by atoms with Crippen LogP contribution in [0, 0.1) is 11.8 Å². The van der Waals surface area contributed by atoms with Gasteiger partial charge in [0.2, 0.25) is 0 Å². The van der Waals surface area contributed by atoms with E-state index < -0.39 is 0 Å². The van der Waals surface area contributed by atoms with E-state index in [0.717, 1.165) is 24.4 Å². The highest BCUT2D eigenvalue weighted by molar-refractivity contribution is 6.31. The minimum absolute atomic E-state index is 0.00592. The lowest BCUT2D eigenvalue weighted by atomic mass is 9.79. The molecule has 21 heavy (non-hydrogen) atoms. The van der Waals surface area contributed by atoms with Gasteiger partial charge in [-0.15, -0.1) is 0 Å². The van der Waals surface area contributed by atoms with Crippen molar-refractivity contribution in [2.24, 2.45) is 11.8 Å². The third-order valence-electron chi connectivity index (χ3n) is 4.58. The monoisotopic (exact) mass is 308 g/mol. The first-order valence-corrected chi connectivity index (χ1v) is 8.04. The maximum Gasteiger partial charge on any atom is 0.255 e. The number of hydrogen-bond acceptors (Lipinski definition) is 2. The molecule has 0 saturated heterocycles. The number of hydrogen-bond donors (Lipinski definition) is 1. The third kappa shape index (κ3) is 3.91. The van der Waals surface area contributed by atoms with Gasteiger partial charge in [0.15, 0.2) is 0 Å². The highest BCUT2D eigenvalue weighted by atomic mass is 35.5. The minimum Gasteiger partial charge on any atom is -0.382 e. The van der Waals surface area contributed by atoms with E-state index >= 15 is 0 Å². The van der Waals surface area contributed by atoms with E-state index in [0.29, 0.717) is 22.5 Å². The standard InChI is InChI=1S/C17H25ClN2O/c1-11-5-7-14(9-12(11)2)19-16-10-13(18)6-8-15(16)17(21)20(3)4/h6,8,10-12,14,19H,5,7,9H2,1-4H3. The molecule has 1 saturated carbocycles. The molecule has 116 valence electrons. The fourth-order valence-electron chi connectivity index (χ4n) is 2.96. The van der Waals surface area contributed by atoms with Crippen LogP contribution in [0.15, 0.2) is 18.2 Å². The van der Waals surface area contributed by atoms with Crippen molar-refractivity contribution >= 4 is 23.2 Å². The molecule has 1 amide bonds. The normalized spacial score (nSPS) is 25.5. The van der Waals surface area contributed by atoms with Gasteiger partial charge in [-0.1, -0.05) is 25.4 Å². The first kappa shape index (κ1) is 16.2. The van der Waals surface area contributed by atoms with E-state index in [1.54, 1.807) is 25.1 Å². The lowest BCUT2D eigenvalue weighted by molar-refractivity contribution is 0.0828. The molecule has 1 aromatic rings. The first-order valence-electron chi connectivity index (χ1n) is 7.66. The summed E-state index contributed by atoms with van der Waals surface area (Å²) in [6, 6.07) is 5.86. The fraction of sp³-hybridized carbons (Fsp3) is 0.588. The van der Waals surface area contributed by atoms with Gasteiger partial charge in [-0.2, -0.15) is 0 Å². The van der Waals surface area contributed by atoms with Gasteiger partial charge in [0, 0.05) is 30.8 Å². The van der Waals surface area contributed by atoms with Crippen molar-refractivity contribution in [1.82, 2.24) is 4.90 Å². The zero-order valence-corrected chi connectivity index (χ0v) is 14.1. The lowest BCUT2D eigenvalue weighted by Gasteiger charge is -2.33. The summed E-state index contributed by atoms with van der Waals surface area (Å²) in [7, 11) is 3.54. The molecule has 1 aliphatic carbocycles. The number of carbonyl (C=O) groups is 1. The Morgan fingerprint density at radius 3 is 2.57 bits per heavy atom. The van der Waals surface area contributed by atoms with Gasteiger partial charge in [0.25, 0.3) is 5.91 Å². The number of halogens is 1. The molecule has 1 aromatic carbocycles. The Balaban J connectivity index is 2.19. The molecule has 1 fully saturated rings. The van der Waals surface area contributed by atoms with Crippen molar-refractivity contribution < 1.29 is 4.79 Å². The molecule has 0 aromatic heterocycles. The van der Waals surface area contributed by atoms with Crippen LogP contribution in [-0.2, 0) is 0 Å². The van der Waals surface area contributed by atoms with Crippen molar-refractivity contribution in [2.45, 2.75) is 39.2 Å². The van der Waals surface area contributed by atoms with E-state index in [4.69, 9.17) is 11.6 Å². The Labute approximate surface area is 132 Å². The van der Waals surface area contributed by atoms with Crippen molar-refractivity contribution in [3.8, 4) is 0 Å². The molecule has 3 atom stereocenters. The maximum absolute atomic E-state index is 12.3. The van der Waals surface area contributed by atoms with Gasteiger partial charge in [-0.3, -0.25) is 4.79 Å². The van der Waals surface area contributed by atoms with Crippen LogP contribution < -0.4 is 5.32 Å². The van der Waals surface area contributed by atoms with Crippen LogP contribution in [0.5, 0.6) is 0 Å². The molecule has 0 spiro atoms. The largest absolute Gasteiger partial charge is 0.382 e. The summed E-state index contributed by atoms with van der Waals surface area (Å²) in [6.07, 6.45) is 3.52. The third-order valence-corrected chi connectivity index (χ3v) is 4.81. The molecule has 0 heterocycles. The zero-order chi connectivity index (χ0) is 15.6. The summed E-state index contributed by atoms with van der Waals surface area (Å²) in [5.74, 6) is 1.50. The number of rotatable bonds is 3. The molecule has 1 N–H and O–H groups in total. The van der Waals surface area contributed by atoms with Crippen LogP contribution in [-0.4, -0.2) is 30.9 Å². The van der Waals surface area contributed by atoms with Crippen LogP contribution in [0.25, 0.3) is 0 Å². The molecule has 2 rings (SSSR count). The maximum atomic E-state index is 12.3. The van der Waals surface area contributed by atoms with Crippen molar-refractivity contribution in [1.29, 1.82) is 0 Å². The molecule has 3 nitrogen and oxygen atoms in total. The average Bonchev–Trinajstić information content (AvgIpc) is 2.42. The van der Waals surface area contributed by atoms with Gasteiger partial charge >= 0.3 is 0 Å². The molecule has 0 aliphatic heterocycles. The fourth-order valence-corrected chi connectivity index (χ4v) is 3.13. The second-order valence-corrected chi connectivity index (χ2v) is 6.93. The van der Waals surface area contributed by atoms with E-state index in [1.807, 2.05) is 12.1 Å². The quantitative estimate of drug-likeness (QED) is 0.904. The van der Waals surface area contributed by atoms with Crippen LogP contribution in [0.3, 0.4) is 0 Å². The predicted octanol–water partition coefficient (Wildman–Crippen LogP) is 4.28. The van der Waals surface area contributed by atoms with Gasteiger partial charge in [0.05, 0.1) is 5.56 Å². The number of amides is 1. The smallest absolute Gasteiger partial charge is 0.255 e. The Morgan fingerprint density at radius 1 is 1.24 bits per heavy atom. The summed E-state index contributed by atoms with van der Waals surface area (Å²) in [6.45, 7) is 4.63. The zero-order valence-electron chi connectivity index (χ0n) is 13.3. The van der Waals surface area contributed by atoms with Crippen molar-refractivity contribution in [2.75, 3.05) is 19.4 Å². The Morgan fingerprint density at radius 2 is 1.95 bits per heavy atom. The van der Waals surface area contributed by atoms with Crippen LogP contribution in [0.1, 0.15) is 43.5 Å². The van der Waals surface area contributed by atoms with E-state index in [1.165, 1.54) is 6.42 Å². The van der Waals surface area contributed by atoms with E-state index in [9.17, 15) is 4.79 Å². The first-order chi connectivity index (χ1) is 9.88. The van der Waals surface area contributed by atoms with Gasteiger partial charge < -0.3 is 10.2 Å². The molecule has 4 heteroatoms. The summed E-state index contributed by atoms with van der Waals surface area (Å²) in [5, 5.41) is 4.20. The Hall–Kier alpha value is -1.22. The van der Waals surface area contributed by atoms with Gasteiger partial charge in [-0.05, 0) is 49.3 Å². The predicted molar refractivity (Wildman–Crippen MR) is 89.1 cm³/mol. The highest BCUT2D eigenvalue weighted by Gasteiger charge is 2.25. The molecular formula is C17H25ClN2O. The molecule has 3 unspecified atom stereocenters. The molecule has 1 aliphatic rings. The number of nitrogens with one attached hydrogen (secondary N) is 1. The summed E-state index contributed by atoms with van der Waals surface area (Å²) in [5.41, 5.74) is 1.55. The Kier molecular flexibility index (Phi) is 5.15. The molecule has 0 bridgehead atoms. The summed E-state index contributed by atoms with van der Waals surface area (Å²) in [4.78, 5) is 13.9. The number of nitrogens with zero attached hydrogens (tertiary/aromatic N) is 1. The van der Waals surface area contributed by atoms with Crippen molar-refractivity contribution in [3.05, 3.63) is 28.8 Å². The lowest BCUT2D eigenvalue weighted by Crippen LogP contribution is -2.31. The van der Waals surface area contributed by atoms with Crippen molar-refractivity contribution in [3.63, 3.8) is 0 Å². The van der Waals surface area contributed by atoms with Gasteiger partial charge in [-0.25, -0.2) is 0 Å². The second-order valence-electron chi connectivity index (χ2n) is 6.50. The highest BCUT2D eigenvalue weighted by Crippen LogP contribution is 2.32. The van der Waals surface area contributed by atoms with E-state index in [2.05, 4.69) is 19.2 Å². The topological polar surface area (TPSA) is 32.3 Å².